The maximum atomic E-state index is 10.9. The maximum absolute atomic E-state index is 10.9. The molecule has 17 heavy (non-hydrogen) atoms. The molecule has 0 bridgehead atoms. The van der Waals surface area contributed by atoms with Crippen LogP contribution in [-0.4, -0.2) is 28.6 Å². The van der Waals surface area contributed by atoms with Crippen molar-refractivity contribution in [3.05, 3.63) is 28.2 Å². The third-order valence-electron chi connectivity index (χ3n) is 2.70. The average molecular weight is 316 g/mol. The minimum Gasteiger partial charge on any atom is -0.478 e. The summed E-state index contributed by atoms with van der Waals surface area (Å²) in [5.41, 5.74) is 1.17. The Balaban J connectivity index is 2.01. The lowest BCUT2D eigenvalue weighted by Gasteiger charge is -2.12. The zero-order valence-electron chi connectivity index (χ0n) is 9.28. The molecule has 1 atom stereocenters. The molecule has 0 aromatic heterocycles. The van der Waals surface area contributed by atoms with Crippen LogP contribution in [0.25, 0.3) is 0 Å². The van der Waals surface area contributed by atoms with Gasteiger partial charge in [-0.1, -0.05) is 15.9 Å². The summed E-state index contributed by atoms with van der Waals surface area (Å²) in [6.07, 6.45) is 2.54. The summed E-state index contributed by atoms with van der Waals surface area (Å²) < 4.78 is 0.791. The van der Waals surface area contributed by atoms with E-state index in [1.54, 1.807) is 12.1 Å². The van der Waals surface area contributed by atoms with E-state index in [1.807, 2.05) is 17.8 Å². The Bertz CT molecular complexity index is 419. The largest absolute Gasteiger partial charge is 0.478 e. The molecule has 1 saturated heterocycles. The van der Waals surface area contributed by atoms with E-state index in [4.69, 9.17) is 5.11 Å². The first-order valence-corrected chi connectivity index (χ1v) is 7.38. The Morgan fingerprint density at radius 1 is 1.53 bits per heavy atom. The minimum absolute atomic E-state index is 0.306. The van der Waals surface area contributed by atoms with E-state index >= 15 is 0 Å². The van der Waals surface area contributed by atoms with Gasteiger partial charge in [-0.25, -0.2) is 4.79 Å². The van der Waals surface area contributed by atoms with Crippen LogP contribution in [0.4, 0.5) is 5.69 Å². The first-order chi connectivity index (χ1) is 8.15. The molecule has 2 N–H and O–H groups in total. The third kappa shape index (κ3) is 3.64. The highest BCUT2D eigenvalue weighted by Crippen LogP contribution is 2.27. The number of carboxylic acid groups (broad SMARTS) is 1. The number of benzene rings is 1. The van der Waals surface area contributed by atoms with E-state index < -0.39 is 5.97 Å². The van der Waals surface area contributed by atoms with E-state index in [9.17, 15) is 4.79 Å². The van der Waals surface area contributed by atoms with Crippen molar-refractivity contribution in [2.24, 2.45) is 0 Å². The monoisotopic (exact) mass is 315 g/mol. The minimum atomic E-state index is -0.899. The Morgan fingerprint density at radius 3 is 3.00 bits per heavy atom. The zero-order valence-corrected chi connectivity index (χ0v) is 11.7. The van der Waals surface area contributed by atoms with Gasteiger partial charge in [-0.05, 0) is 36.8 Å². The summed E-state index contributed by atoms with van der Waals surface area (Å²) >= 11 is 5.31. The molecular formula is C12H14BrNO2S. The van der Waals surface area contributed by atoms with Crippen LogP contribution in [0, 0.1) is 0 Å². The SMILES string of the molecule is O=C(O)c1cc(Br)cc(NCC2CCCS2)c1. The topological polar surface area (TPSA) is 49.3 Å². The fourth-order valence-electron chi connectivity index (χ4n) is 1.85. The first kappa shape index (κ1) is 12.8. The molecular weight excluding hydrogens is 302 g/mol. The predicted octanol–water partition coefficient (Wildman–Crippen LogP) is 3.45. The average Bonchev–Trinajstić information content (AvgIpc) is 2.78. The molecule has 0 aliphatic carbocycles. The second-order valence-electron chi connectivity index (χ2n) is 4.05. The number of nitrogens with one attached hydrogen (secondary N) is 1. The Morgan fingerprint density at radius 2 is 2.35 bits per heavy atom. The lowest BCUT2D eigenvalue weighted by Crippen LogP contribution is -2.13. The molecule has 1 aromatic carbocycles. The lowest BCUT2D eigenvalue weighted by atomic mass is 10.2. The third-order valence-corrected chi connectivity index (χ3v) is 4.56. The van der Waals surface area contributed by atoms with Crippen LogP contribution < -0.4 is 5.32 Å². The van der Waals surface area contributed by atoms with Crippen LogP contribution in [0.2, 0.25) is 0 Å². The summed E-state index contributed by atoms with van der Waals surface area (Å²) in [7, 11) is 0. The Kier molecular flexibility index (Phi) is 4.34. The maximum Gasteiger partial charge on any atom is 0.335 e. The van der Waals surface area contributed by atoms with Crippen molar-refractivity contribution in [3.8, 4) is 0 Å². The second kappa shape index (κ2) is 5.78. The molecule has 0 saturated carbocycles. The molecule has 1 heterocycles. The molecule has 3 nitrogen and oxygen atoms in total. The molecule has 1 aromatic rings. The van der Waals surface area contributed by atoms with Crippen LogP contribution in [-0.2, 0) is 0 Å². The van der Waals surface area contributed by atoms with Gasteiger partial charge in [-0.15, -0.1) is 0 Å². The van der Waals surface area contributed by atoms with Gasteiger partial charge in [0.05, 0.1) is 5.56 Å². The Labute approximate surface area is 113 Å². The molecule has 0 spiro atoms. The molecule has 0 amide bonds. The molecule has 5 heteroatoms. The van der Waals surface area contributed by atoms with Crippen molar-refractivity contribution in [2.75, 3.05) is 17.6 Å². The molecule has 1 unspecified atom stereocenters. The number of carboxylic acids is 1. The summed E-state index contributed by atoms with van der Waals surface area (Å²) in [4.78, 5) is 10.9. The number of anilines is 1. The molecule has 1 fully saturated rings. The van der Waals surface area contributed by atoms with Gasteiger partial charge < -0.3 is 10.4 Å². The number of halogens is 1. The molecule has 0 radical (unpaired) electrons. The van der Waals surface area contributed by atoms with Crippen molar-refractivity contribution in [1.29, 1.82) is 0 Å². The van der Waals surface area contributed by atoms with Crippen molar-refractivity contribution >= 4 is 39.3 Å². The number of rotatable bonds is 4. The van der Waals surface area contributed by atoms with Crippen molar-refractivity contribution in [2.45, 2.75) is 18.1 Å². The van der Waals surface area contributed by atoms with Gasteiger partial charge in [0.2, 0.25) is 0 Å². The van der Waals surface area contributed by atoms with Gasteiger partial charge in [0.1, 0.15) is 0 Å². The highest BCUT2D eigenvalue weighted by molar-refractivity contribution is 9.10. The Hall–Kier alpha value is -0.680. The quantitative estimate of drug-likeness (QED) is 0.893. The number of aromatic carboxylic acids is 1. The van der Waals surface area contributed by atoms with Gasteiger partial charge >= 0.3 is 5.97 Å². The van der Waals surface area contributed by atoms with Crippen LogP contribution in [0.1, 0.15) is 23.2 Å². The first-order valence-electron chi connectivity index (χ1n) is 5.54. The lowest BCUT2D eigenvalue weighted by molar-refractivity contribution is 0.0697. The fraction of sp³-hybridized carbons (Fsp3) is 0.417. The van der Waals surface area contributed by atoms with E-state index in [0.717, 1.165) is 16.7 Å². The van der Waals surface area contributed by atoms with E-state index in [1.165, 1.54) is 18.6 Å². The zero-order chi connectivity index (χ0) is 12.3. The van der Waals surface area contributed by atoms with E-state index in [2.05, 4.69) is 21.2 Å². The van der Waals surface area contributed by atoms with Crippen LogP contribution in [0.5, 0.6) is 0 Å². The predicted molar refractivity (Wildman–Crippen MR) is 75.1 cm³/mol. The fourth-order valence-corrected chi connectivity index (χ4v) is 3.55. The van der Waals surface area contributed by atoms with Crippen LogP contribution in [0.3, 0.4) is 0 Å². The summed E-state index contributed by atoms with van der Waals surface area (Å²) in [6, 6.07) is 5.19. The molecule has 92 valence electrons. The normalized spacial score (nSPS) is 19.2. The van der Waals surface area contributed by atoms with Crippen LogP contribution >= 0.6 is 27.7 Å². The molecule has 2 rings (SSSR count). The smallest absolute Gasteiger partial charge is 0.335 e. The highest BCUT2D eigenvalue weighted by Gasteiger charge is 2.15. The van der Waals surface area contributed by atoms with Gasteiger partial charge in [0, 0.05) is 22.0 Å². The molecule has 1 aliphatic heterocycles. The van der Waals surface area contributed by atoms with Crippen molar-refractivity contribution in [1.82, 2.24) is 0 Å². The second-order valence-corrected chi connectivity index (χ2v) is 6.37. The van der Waals surface area contributed by atoms with Gasteiger partial charge in [0.25, 0.3) is 0 Å². The number of thioether (sulfide) groups is 1. The number of hydrogen-bond acceptors (Lipinski definition) is 3. The van der Waals surface area contributed by atoms with Crippen molar-refractivity contribution in [3.63, 3.8) is 0 Å². The summed E-state index contributed by atoms with van der Waals surface area (Å²) in [6.45, 7) is 0.903. The number of hydrogen-bond donors (Lipinski definition) is 2. The van der Waals surface area contributed by atoms with Crippen LogP contribution in [0.15, 0.2) is 22.7 Å². The number of carbonyl (C=O) groups is 1. The van der Waals surface area contributed by atoms with Gasteiger partial charge in [0.15, 0.2) is 0 Å². The van der Waals surface area contributed by atoms with E-state index in [0.29, 0.717) is 10.8 Å². The highest BCUT2D eigenvalue weighted by atomic mass is 79.9. The van der Waals surface area contributed by atoms with Gasteiger partial charge in [-0.2, -0.15) is 11.8 Å². The van der Waals surface area contributed by atoms with Crippen molar-refractivity contribution < 1.29 is 9.90 Å². The summed E-state index contributed by atoms with van der Waals surface area (Å²) in [5, 5.41) is 12.9. The van der Waals surface area contributed by atoms with E-state index in [-0.39, 0.29) is 0 Å². The van der Waals surface area contributed by atoms with Gasteiger partial charge in [-0.3, -0.25) is 0 Å². The summed E-state index contributed by atoms with van der Waals surface area (Å²) in [5.74, 6) is 0.343. The molecule has 1 aliphatic rings. The standard InChI is InChI=1S/C12H14BrNO2S/c13-9-4-8(12(15)16)5-10(6-9)14-7-11-2-1-3-17-11/h4-6,11,14H,1-3,7H2,(H,15,16).